The van der Waals surface area contributed by atoms with Crippen LogP contribution in [0.4, 0.5) is 5.69 Å². The molecular weight excluding hydrogens is 404 g/mol. The third kappa shape index (κ3) is 4.78. The molecule has 1 aliphatic rings. The summed E-state index contributed by atoms with van der Waals surface area (Å²) in [6.07, 6.45) is 6.26. The van der Waals surface area contributed by atoms with Crippen LogP contribution in [0.2, 0.25) is 0 Å². The average molecular weight is 431 g/mol. The average Bonchev–Trinajstić information content (AvgIpc) is 2.85. The first-order valence-corrected chi connectivity index (χ1v) is 10.6. The number of para-hydroxylation sites is 1. The predicted molar refractivity (Wildman–Crippen MR) is 126 cm³/mol. The molecule has 1 fully saturated rings. The highest BCUT2D eigenvalue weighted by Crippen LogP contribution is 2.32. The van der Waals surface area contributed by atoms with Crippen LogP contribution < -0.4 is 15.5 Å². The summed E-state index contributed by atoms with van der Waals surface area (Å²) in [5.41, 5.74) is 3.17. The maximum Gasteiger partial charge on any atom is 0.209 e. The van der Waals surface area contributed by atoms with E-state index in [1.165, 1.54) is 17.7 Å². The van der Waals surface area contributed by atoms with E-state index in [9.17, 15) is 4.79 Å². The van der Waals surface area contributed by atoms with E-state index in [1.807, 2.05) is 42.5 Å². The van der Waals surface area contributed by atoms with Gasteiger partial charge in [0.25, 0.3) is 0 Å². The van der Waals surface area contributed by atoms with Gasteiger partial charge in [0.2, 0.25) is 5.43 Å². The molecule has 0 unspecified atom stereocenters. The lowest BCUT2D eigenvalue weighted by Gasteiger charge is -2.23. The van der Waals surface area contributed by atoms with E-state index in [0.717, 1.165) is 43.6 Å². The van der Waals surface area contributed by atoms with E-state index in [0.29, 0.717) is 17.4 Å². The van der Waals surface area contributed by atoms with E-state index in [1.54, 1.807) is 18.0 Å². The third-order valence-corrected chi connectivity index (χ3v) is 5.51. The number of benzene rings is 2. The van der Waals surface area contributed by atoms with Crippen LogP contribution in [-0.4, -0.2) is 36.3 Å². The first-order chi connectivity index (χ1) is 15.7. The zero-order valence-electron chi connectivity index (χ0n) is 18.0. The van der Waals surface area contributed by atoms with Crippen LogP contribution in [0.15, 0.2) is 71.7 Å². The number of anilines is 1. The summed E-state index contributed by atoms with van der Waals surface area (Å²) in [4.78, 5) is 12.6. The SMILES string of the molecule is COc1cc(C2CCOCC2)ccc1-n1ccc(=O)c(/C(=C/C=N)Nc2ccccc2)n1. The zero-order valence-corrected chi connectivity index (χ0v) is 18.0. The number of nitrogens with one attached hydrogen (secondary N) is 2. The molecule has 7 nitrogen and oxygen atoms in total. The second-order valence-electron chi connectivity index (χ2n) is 7.53. The number of hydrogen-bond donors (Lipinski definition) is 2. The largest absolute Gasteiger partial charge is 0.494 e. The highest BCUT2D eigenvalue weighted by molar-refractivity contribution is 5.86. The van der Waals surface area contributed by atoms with Crippen LogP contribution >= 0.6 is 0 Å². The van der Waals surface area contributed by atoms with Crippen molar-refractivity contribution in [3.8, 4) is 11.4 Å². The minimum atomic E-state index is -0.240. The first kappa shape index (κ1) is 21.5. The minimum absolute atomic E-state index is 0.218. The molecule has 0 saturated carbocycles. The Bertz CT molecular complexity index is 1170. The van der Waals surface area contributed by atoms with Crippen LogP contribution in [-0.2, 0) is 4.74 Å². The maximum absolute atomic E-state index is 12.6. The molecule has 2 heterocycles. The molecule has 0 amide bonds. The number of aromatic nitrogens is 2. The summed E-state index contributed by atoms with van der Waals surface area (Å²) in [6, 6.07) is 17.0. The van der Waals surface area contributed by atoms with Crippen molar-refractivity contribution < 1.29 is 9.47 Å². The molecule has 4 rings (SSSR count). The van der Waals surface area contributed by atoms with E-state index in [4.69, 9.17) is 14.9 Å². The van der Waals surface area contributed by atoms with Gasteiger partial charge in [-0.15, -0.1) is 0 Å². The Balaban J connectivity index is 1.70. The van der Waals surface area contributed by atoms with Crippen molar-refractivity contribution in [1.82, 2.24) is 9.78 Å². The Morgan fingerprint density at radius 2 is 1.97 bits per heavy atom. The molecule has 0 radical (unpaired) electrons. The van der Waals surface area contributed by atoms with Crippen LogP contribution in [0.25, 0.3) is 11.4 Å². The van der Waals surface area contributed by atoms with Crippen LogP contribution in [0.5, 0.6) is 5.75 Å². The summed E-state index contributed by atoms with van der Waals surface area (Å²) >= 11 is 0. The molecule has 1 aromatic heterocycles. The second-order valence-corrected chi connectivity index (χ2v) is 7.53. The van der Waals surface area contributed by atoms with Crippen molar-refractivity contribution in [3.05, 3.63) is 88.4 Å². The number of allylic oxidation sites excluding steroid dienone is 1. The monoisotopic (exact) mass is 430 g/mol. The van der Waals surface area contributed by atoms with Gasteiger partial charge >= 0.3 is 0 Å². The number of rotatable bonds is 7. The van der Waals surface area contributed by atoms with Gasteiger partial charge in [-0.2, -0.15) is 5.10 Å². The maximum atomic E-state index is 12.6. The Kier molecular flexibility index (Phi) is 6.77. The van der Waals surface area contributed by atoms with Crippen LogP contribution in [0.1, 0.15) is 30.0 Å². The Morgan fingerprint density at radius 1 is 1.19 bits per heavy atom. The molecule has 1 saturated heterocycles. The molecule has 2 N–H and O–H groups in total. The highest BCUT2D eigenvalue weighted by atomic mass is 16.5. The number of nitrogens with zero attached hydrogens (tertiary/aromatic N) is 2. The minimum Gasteiger partial charge on any atom is -0.494 e. The standard InChI is InChI=1S/C25H26N4O3/c1-31-24-17-19(18-11-15-32-16-12-18)7-8-22(24)29-14-10-23(30)25(28-29)21(9-13-26)27-20-5-3-2-4-6-20/h2-10,13-14,17-18,26-27H,11-12,15-16H2,1H3/b21-9-,26-13?. The number of methoxy groups -OCH3 is 1. The molecule has 164 valence electrons. The van der Waals surface area contributed by atoms with Crippen LogP contribution in [0.3, 0.4) is 0 Å². The van der Waals surface area contributed by atoms with Crippen molar-refractivity contribution in [2.24, 2.45) is 0 Å². The van der Waals surface area contributed by atoms with Gasteiger partial charge in [0, 0.05) is 37.4 Å². The summed E-state index contributed by atoms with van der Waals surface area (Å²) < 4.78 is 12.8. The van der Waals surface area contributed by atoms with E-state index < -0.39 is 0 Å². The van der Waals surface area contributed by atoms with Gasteiger partial charge in [-0.1, -0.05) is 24.3 Å². The van der Waals surface area contributed by atoms with Gasteiger partial charge in [-0.25, -0.2) is 4.68 Å². The van der Waals surface area contributed by atoms with E-state index in [-0.39, 0.29) is 11.1 Å². The molecule has 0 bridgehead atoms. The Morgan fingerprint density at radius 3 is 2.69 bits per heavy atom. The lowest BCUT2D eigenvalue weighted by molar-refractivity contribution is 0.0853. The topological polar surface area (TPSA) is 89.2 Å². The number of ether oxygens (including phenoxy) is 2. The molecule has 0 aliphatic carbocycles. The molecular formula is C25H26N4O3. The molecule has 32 heavy (non-hydrogen) atoms. The smallest absolute Gasteiger partial charge is 0.209 e. The molecule has 3 aromatic rings. The summed E-state index contributed by atoms with van der Waals surface area (Å²) in [7, 11) is 1.63. The third-order valence-electron chi connectivity index (χ3n) is 5.51. The lowest BCUT2D eigenvalue weighted by atomic mass is 9.91. The normalized spacial score (nSPS) is 14.7. The quantitative estimate of drug-likeness (QED) is 0.548. The predicted octanol–water partition coefficient (Wildman–Crippen LogP) is 4.24. The summed E-state index contributed by atoms with van der Waals surface area (Å²) in [6.45, 7) is 1.55. The second kappa shape index (κ2) is 10.1. The zero-order chi connectivity index (χ0) is 22.3. The lowest BCUT2D eigenvalue weighted by Crippen LogP contribution is -2.19. The number of hydrogen-bond acceptors (Lipinski definition) is 6. The van der Waals surface area contributed by atoms with E-state index >= 15 is 0 Å². The van der Waals surface area contributed by atoms with Gasteiger partial charge in [0.1, 0.15) is 11.4 Å². The molecule has 7 heteroatoms. The molecule has 0 spiro atoms. The molecule has 1 aliphatic heterocycles. The van der Waals surface area contributed by atoms with E-state index in [2.05, 4.69) is 16.5 Å². The first-order valence-electron chi connectivity index (χ1n) is 10.6. The van der Waals surface area contributed by atoms with Gasteiger partial charge < -0.3 is 20.2 Å². The van der Waals surface area contributed by atoms with Gasteiger partial charge in [-0.05, 0) is 54.7 Å². The van der Waals surface area contributed by atoms with Gasteiger partial charge in [0.15, 0.2) is 5.69 Å². The Hall–Kier alpha value is -3.71. The fraction of sp³-hybridized carbons (Fsp3) is 0.240. The van der Waals surface area contributed by atoms with Crippen LogP contribution in [0, 0.1) is 5.41 Å². The van der Waals surface area contributed by atoms with Crippen molar-refractivity contribution in [2.45, 2.75) is 18.8 Å². The van der Waals surface area contributed by atoms with Gasteiger partial charge in [0.05, 0.1) is 12.8 Å². The van der Waals surface area contributed by atoms with Gasteiger partial charge in [-0.3, -0.25) is 4.79 Å². The van der Waals surface area contributed by atoms with Crippen molar-refractivity contribution in [1.29, 1.82) is 5.41 Å². The molecule has 0 atom stereocenters. The highest BCUT2D eigenvalue weighted by Gasteiger charge is 2.18. The summed E-state index contributed by atoms with van der Waals surface area (Å²) in [5.74, 6) is 1.13. The van der Waals surface area contributed by atoms with Crippen molar-refractivity contribution >= 4 is 17.6 Å². The fourth-order valence-corrected chi connectivity index (χ4v) is 3.84. The Labute approximate surface area is 186 Å². The molecule has 2 aromatic carbocycles. The summed E-state index contributed by atoms with van der Waals surface area (Å²) in [5, 5.41) is 15.3. The fourth-order valence-electron chi connectivity index (χ4n) is 3.84. The van der Waals surface area contributed by atoms with Crippen molar-refractivity contribution in [2.75, 3.05) is 25.6 Å². The van der Waals surface area contributed by atoms with Crippen molar-refractivity contribution in [3.63, 3.8) is 0 Å².